The molecule has 136 valence electrons. The zero-order valence-electron chi connectivity index (χ0n) is 14.6. The third-order valence-corrected chi connectivity index (χ3v) is 4.97. The lowest BCUT2D eigenvalue weighted by Gasteiger charge is -2.05. The number of thiazole rings is 1. The molecule has 0 aliphatic carbocycles. The topological polar surface area (TPSA) is 84.1 Å². The predicted molar refractivity (Wildman–Crippen MR) is 103 cm³/mol. The summed E-state index contributed by atoms with van der Waals surface area (Å²) >= 11 is 7.22. The van der Waals surface area contributed by atoms with E-state index in [9.17, 15) is 9.59 Å². The maximum absolute atomic E-state index is 12.5. The van der Waals surface area contributed by atoms with Crippen LogP contribution in [-0.4, -0.2) is 28.5 Å². The number of nitrogens with one attached hydrogen (secondary N) is 2. The van der Waals surface area contributed by atoms with Gasteiger partial charge < -0.3 is 9.72 Å². The zero-order chi connectivity index (χ0) is 18.8. The molecule has 0 aliphatic rings. The van der Waals surface area contributed by atoms with Gasteiger partial charge in [-0.1, -0.05) is 48.9 Å². The zero-order valence-corrected chi connectivity index (χ0v) is 16.1. The minimum Gasteiger partial charge on any atom is -0.461 e. The highest BCUT2D eigenvalue weighted by Crippen LogP contribution is 2.26. The molecule has 2 N–H and O–H groups in total. The van der Waals surface area contributed by atoms with Crippen molar-refractivity contribution < 1.29 is 14.3 Å². The number of aromatic amines is 1. The van der Waals surface area contributed by atoms with Gasteiger partial charge in [0.2, 0.25) is 0 Å². The average Bonchev–Trinajstić information content (AvgIpc) is 3.17. The fourth-order valence-electron chi connectivity index (χ4n) is 2.35. The first kappa shape index (κ1) is 18.4. The highest BCUT2D eigenvalue weighted by atomic mass is 35.5. The van der Waals surface area contributed by atoms with Crippen LogP contribution in [-0.2, 0) is 4.74 Å². The van der Waals surface area contributed by atoms with E-state index in [1.807, 2.05) is 26.0 Å². The molecule has 1 aromatic carbocycles. The Morgan fingerprint density at radius 1 is 1.38 bits per heavy atom. The smallest absolute Gasteiger partial charge is 0.350 e. The van der Waals surface area contributed by atoms with Crippen molar-refractivity contribution in [1.82, 2.24) is 9.97 Å². The van der Waals surface area contributed by atoms with Gasteiger partial charge >= 0.3 is 5.97 Å². The number of carbonyl (C=O) groups is 2. The van der Waals surface area contributed by atoms with Gasteiger partial charge in [0.15, 0.2) is 5.13 Å². The molecule has 0 aliphatic heterocycles. The summed E-state index contributed by atoms with van der Waals surface area (Å²) in [5.41, 5.74) is 1.59. The number of ether oxygens (including phenoxy) is 1. The molecule has 3 rings (SSSR count). The first-order valence-electron chi connectivity index (χ1n) is 8.08. The monoisotopic (exact) mass is 391 g/mol. The maximum Gasteiger partial charge on any atom is 0.350 e. The van der Waals surface area contributed by atoms with Gasteiger partial charge in [0.1, 0.15) is 10.6 Å². The Kier molecular flexibility index (Phi) is 5.29. The molecule has 3 aromatic rings. The van der Waals surface area contributed by atoms with E-state index in [1.54, 1.807) is 19.1 Å². The van der Waals surface area contributed by atoms with Crippen LogP contribution in [0.25, 0.3) is 10.9 Å². The molecular weight excluding hydrogens is 374 g/mol. The molecule has 6 nitrogen and oxygen atoms in total. The Balaban J connectivity index is 1.76. The second kappa shape index (κ2) is 7.47. The van der Waals surface area contributed by atoms with E-state index in [-0.39, 0.29) is 11.8 Å². The van der Waals surface area contributed by atoms with Gasteiger partial charge in [0, 0.05) is 5.39 Å². The largest absolute Gasteiger partial charge is 0.461 e. The molecule has 0 saturated heterocycles. The van der Waals surface area contributed by atoms with Crippen LogP contribution < -0.4 is 5.32 Å². The third kappa shape index (κ3) is 3.89. The number of amides is 1. The summed E-state index contributed by atoms with van der Waals surface area (Å²) in [5.74, 6) is -0.528. The number of nitrogens with zero attached hydrogens (tertiary/aromatic N) is 1. The molecule has 26 heavy (non-hydrogen) atoms. The van der Waals surface area contributed by atoms with Gasteiger partial charge in [-0.15, -0.1) is 0 Å². The van der Waals surface area contributed by atoms with Crippen LogP contribution in [0.5, 0.6) is 0 Å². The lowest BCUT2D eigenvalue weighted by molar-refractivity contribution is 0.0463. The minimum absolute atomic E-state index is 0.250. The van der Waals surface area contributed by atoms with Crippen LogP contribution in [0.1, 0.15) is 39.7 Å². The number of para-hydroxylation sites is 1. The van der Waals surface area contributed by atoms with Crippen molar-refractivity contribution in [2.45, 2.75) is 20.8 Å². The van der Waals surface area contributed by atoms with Crippen molar-refractivity contribution >= 4 is 50.8 Å². The van der Waals surface area contributed by atoms with Crippen molar-refractivity contribution in [2.24, 2.45) is 5.92 Å². The summed E-state index contributed by atoms with van der Waals surface area (Å²) in [4.78, 5) is 32.2. The fraction of sp³-hybridized carbons (Fsp3) is 0.278. The molecular formula is C18H18ClN3O3S. The number of hydrogen-bond acceptors (Lipinski definition) is 5. The number of halogens is 1. The lowest BCUT2D eigenvalue weighted by atomic mass is 10.2. The van der Waals surface area contributed by atoms with E-state index in [4.69, 9.17) is 16.3 Å². The summed E-state index contributed by atoms with van der Waals surface area (Å²) in [7, 11) is 0. The maximum atomic E-state index is 12.5. The minimum atomic E-state index is -0.424. The molecule has 0 unspecified atom stereocenters. The number of rotatable bonds is 5. The van der Waals surface area contributed by atoms with Gasteiger partial charge in [-0.25, -0.2) is 9.78 Å². The van der Waals surface area contributed by atoms with Gasteiger partial charge in [-0.05, 0) is 25.0 Å². The van der Waals surface area contributed by atoms with E-state index in [1.165, 1.54) is 0 Å². The quantitative estimate of drug-likeness (QED) is 0.620. The Morgan fingerprint density at radius 2 is 2.15 bits per heavy atom. The van der Waals surface area contributed by atoms with E-state index < -0.39 is 5.97 Å². The molecule has 0 spiro atoms. The molecule has 2 aromatic heterocycles. The highest BCUT2D eigenvalue weighted by Gasteiger charge is 2.19. The van der Waals surface area contributed by atoms with Crippen molar-refractivity contribution in [1.29, 1.82) is 0 Å². The Labute approximate surface area is 159 Å². The van der Waals surface area contributed by atoms with E-state index in [2.05, 4.69) is 15.3 Å². The first-order chi connectivity index (χ1) is 12.3. The Hall–Kier alpha value is -2.38. The van der Waals surface area contributed by atoms with Crippen LogP contribution >= 0.6 is 22.9 Å². The van der Waals surface area contributed by atoms with Crippen molar-refractivity contribution in [2.75, 3.05) is 11.9 Å². The average molecular weight is 392 g/mol. The molecule has 8 heteroatoms. The number of aryl methyl sites for hydroxylation is 1. The highest BCUT2D eigenvalue weighted by molar-refractivity contribution is 7.17. The van der Waals surface area contributed by atoms with Crippen LogP contribution in [0, 0.1) is 12.8 Å². The predicted octanol–water partition coefficient (Wildman–Crippen LogP) is 4.65. The number of aromatic nitrogens is 2. The van der Waals surface area contributed by atoms with Crippen molar-refractivity contribution in [3.63, 3.8) is 0 Å². The number of benzene rings is 1. The second-order valence-electron chi connectivity index (χ2n) is 6.27. The van der Waals surface area contributed by atoms with E-state index in [0.29, 0.717) is 38.5 Å². The van der Waals surface area contributed by atoms with Crippen molar-refractivity contribution in [3.8, 4) is 0 Å². The Bertz CT molecular complexity index is 977. The van der Waals surface area contributed by atoms with Crippen LogP contribution in [0.3, 0.4) is 0 Å². The summed E-state index contributed by atoms with van der Waals surface area (Å²) in [6, 6.07) is 7.15. The number of fused-ring (bicyclic) bond motifs is 1. The van der Waals surface area contributed by atoms with E-state index >= 15 is 0 Å². The van der Waals surface area contributed by atoms with Gasteiger partial charge in [0.25, 0.3) is 5.91 Å². The molecule has 1 amide bonds. The van der Waals surface area contributed by atoms with E-state index in [0.717, 1.165) is 16.7 Å². The molecule has 0 atom stereocenters. The third-order valence-electron chi connectivity index (χ3n) is 3.60. The summed E-state index contributed by atoms with van der Waals surface area (Å²) in [6.45, 7) is 5.98. The fourth-order valence-corrected chi connectivity index (χ4v) is 3.44. The summed E-state index contributed by atoms with van der Waals surface area (Å²) < 4.78 is 5.22. The van der Waals surface area contributed by atoms with Crippen LogP contribution in [0.2, 0.25) is 5.02 Å². The number of H-pyrrole nitrogens is 1. The molecule has 0 fully saturated rings. The molecule has 0 radical (unpaired) electrons. The second-order valence-corrected chi connectivity index (χ2v) is 7.67. The van der Waals surface area contributed by atoms with Gasteiger partial charge in [-0.3, -0.25) is 10.1 Å². The number of carbonyl (C=O) groups excluding carboxylic acids is 2. The van der Waals surface area contributed by atoms with Crippen LogP contribution in [0.4, 0.5) is 5.13 Å². The molecule has 2 heterocycles. The summed E-state index contributed by atoms with van der Waals surface area (Å²) in [5, 5.41) is 4.43. The van der Waals surface area contributed by atoms with Crippen molar-refractivity contribution in [3.05, 3.63) is 45.6 Å². The normalized spacial score (nSPS) is 11.1. The standard InChI is InChI=1S/C18H18ClN3O3S/c1-9(2)8-25-17(24)15-10(3)20-18(26-15)22-16(23)13-7-11-5-4-6-12(19)14(11)21-13/h4-7,9,21H,8H2,1-3H3,(H,20,22,23). The van der Waals surface area contributed by atoms with Gasteiger partial charge in [-0.2, -0.15) is 0 Å². The van der Waals surface area contributed by atoms with Gasteiger partial charge in [0.05, 0.1) is 22.8 Å². The summed E-state index contributed by atoms with van der Waals surface area (Å²) in [6.07, 6.45) is 0. The molecule has 0 saturated carbocycles. The molecule has 0 bridgehead atoms. The number of anilines is 1. The van der Waals surface area contributed by atoms with Crippen LogP contribution in [0.15, 0.2) is 24.3 Å². The number of esters is 1. The lowest BCUT2D eigenvalue weighted by Crippen LogP contribution is -2.11. The number of hydrogen-bond donors (Lipinski definition) is 2. The Morgan fingerprint density at radius 3 is 2.85 bits per heavy atom. The SMILES string of the molecule is Cc1nc(NC(=O)c2cc3cccc(Cl)c3[nH]2)sc1C(=O)OCC(C)C. The first-order valence-corrected chi connectivity index (χ1v) is 9.27.